The molecule has 1 aromatic carbocycles. The molecule has 5 heteroatoms. The van der Waals surface area contributed by atoms with Crippen LogP contribution in [-0.4, -0.2) is 12.7 Å². The van der Waals surface area contributed by atoms with E-state index in [0.29, 0.717) is 10.6 Å². The number of nitrogens with two attached hydrogens (primary N) is 1. The first-order valence-electron chi connectivity index (χ1n) is 5.46. The van der Waals surface area contributed by atoms with Crippen molar-refractivity contribution in [2.24, 2.45) is 5.73 Å². The Morgan fingerprint density at radius 2 is 2.06 bits per heavy atom. The van der Waals surface area contributed by atoms with Gasteiger partial charge in [-0.25, -0.2) is 0 Å². The Kier molecular flexibility index (Phi) is 3.27. The van der Waals surface area contributed by atoms with Crippen molar-refractivity contribution in [2.75, 3.05) is 0 Å². The third kappa shape index (κ3) is 2.38. The summed E-state index contributed by atoms with van der Waals surface area (Å²) >= 11 is 5.91. The van der Waals surface area contributed by atoms with Crippen molar-refractivity contribution in [1.82, 2.24) is 0 Å². The van der Waals surface area contributed by atoms with E-state index < -0.39 is 6.61 Å². The highest BCUT2D eigenvalue weighted by Crippen LogP contribution is 2.53. The van der Waals surface area contributed by atoms with Gasteiger partial charge >= 0.3 is 6.61 Å². The average Bonchev–Trinajstić information content (AvgIpc) is 3.01. The maximum atomic E-state index is 12.3. The molecule has 1 unspecified atom stereocenters. The molecule has 0 heterocycles. The van der Waals surface area contributed by atoms with Gasteiger partial charge in [-0.05, 0) is 38.0 Å². The highest BCUT2D eigenvalue weighted by atomic mass is 35.5. The van der Waals surface area contributed by atoms with E-state index in [4.69, 9.17) is 17.3 Å². The van der Waals surface area contributed by atoms with Gasteiger partial charge in [0.05, 0.1) is 0 Å². The molecule has 1 atom stereocenters. The molecule has 94 valence electrons. The third-order valence-corrected chi connectivity index (χ3v) is 3.59. The van der Waals surface area contributed by atoms with Crippen LogP contribution in [0.25, 0.3) is 0 Å². The van der Waals surface area contributed by atoms with E-state index in [2.05, 4.69) is 4.74 Å². The fourth-order valence-electron chi connectivity index (χ4n) is 2.19. The highest BCUT2D eigenvalue weighted by Gasteiger charge is 2.49. The summed E-state index contributed by atoms with van der Waals surface area (Å²) in [6.45, 7) is -0.959. The van der Waals surface area contributed by atoms with Gasteiger partial charge in [-0.3, -0.25) is 0 Å². The lowest BCUT2D eigenvalue weighted by molar-refractivity contribution is -0.0507. The predicted octanol–water partition coefficient (Wildman–Crippen LogP) is 3.32. The number of ether oxygens (including phenoxy) is 1. The van der Waals surface area contributed by atoms with Crippen LogP contribution in [0.1, 0.15) is 25.3 Å². The Morgan fingerprint density at radius 1 is 1.41 bits per heavy atom. The first-order valence-corrected chi connectivity index (χ1v) is 5.84. The maximum absolute atomic E-state index is 12.3. The lowest BCUT2D eigenvalue weighted by Gasteiger charge is -2.23. The van der Waals surface area contributed by atoms with E-state index in [1.165, 1.54) is 6.07 Å². The minimum atomic E-state index is -2.83. The Bertz CT molecular complexity index is 419. The smallest absolute Gasteiger partial charge is 0.387 e. The second-order valence-electron chi connectivity index (χ2n) is 4.46. The molecule has 2 rings (SSSR count). The van der Waals surface area contributed by atoms with E-state index in [-0.39, 0.29) is 17.2 Å². The predicted molar refractivity (Wildman–Crippen MR) is 62.6 cm³/mol. The summed E-state index contributed by atoms with van der Waals surface area (Å²) in [6.07, 6.45) is 1.76. The van der Waals surface area contributed by atoms with Gasteiger partial charge in [0.1, 0.15) is 5.75 Å². The fourth-order valence-corrected chi connectivity index (χ4v) is 2.37. The second-order valence-corrected chi connectivity index (χ2v) is 4.90. The van der Waals surface area contributed by atoms with Crippen molar-refractivity contribution in [2.45, 2.75) is 37.8 Å². The molecule has 1 aliphatic rings. The molecular weight excluding hydrogens is 248 g/mol. The number of alkyl halides is 2. The maximum Gasteiger partial charge on any atom is 0.387 e. The van der Waals surface area contributed by atoms with E-state index in [1.807, 2.05) is 6.92 Å². The summed E-state index contributed by atoms with van der Waals surface area (Å²) in [4.78, 5) is 0. The summed E-state index contributed by atoms with van der Waals surface area (Å²) in [6, 6.07) is 4.59. The van der Waals surface area contributed by atoms with Crippen molar-refractivity contribution in [3.05, 3.63) is 28.8 Å². The van der Waals surface area contributed by atoms with Crippen molar-refractivity contribution < 1.29 is 13.5 Å². The van der Waals surface area contributed by atoms with Crippen molar-refractivity contribution in [3.8, 4) is 5.75 Å². The zero-order chi connectivity index (χ0) is 12.6. The first-order chi connectivity index (χ1) is 7.95. The quantitative estimate of drug-likeness (QED) is 0.902. The largest absolute Gasteiger partial charge is 0.435 e. The normalized spacial score (nSPS) is 19.2. The minimum Gasteiger partial charge on any atom is -0.435 e. The Morgan fingerprint density at radius 3 is 2.53 bits per heavy atom. The molecule has 2 N–H and O–H groups in total. The highest BCUT2D eigenvalue weighted by molar-refractivity contribution is 6.30. The van der Waals surface area contributed by atoms with Crippen LogP contribution >= 0.6 is 11.6 Å². The van der Waals surface area contributed by atoms with Crippen LogP contribution in [-0.2, 0) is 5.41 Å². The van der Waals surface area contributed by atoms with Crippen LogP contribution in [0, 0.1) is 0 Å². The second kappa shape index (κ2) is 4.42. The van der Waals surface area contributed by atoms with Crippen molar-refractivity contribution >= 4 is 11.6 Å². The van der Waals surface area contributed by atoms with E-state index >= 15 is 0 Å². The molecule has 1 saturated carbocycles. The van der Waals surface area contributed by atoms with Gasteiger partial charge in [0, 0.05) is 22.0 Å². The van der Waals surface area contributed by atoms with Gasteiger partial charge in [0.25, 0.3) is 0 Å². The first kappa shape index (κ1) is 12.6. The molecular formula is C12H14ClF2NO. The zero-order valence-electron chi connectivity index (χ0n) is 9.42. The van der Waals surface area contributed by atoms with E-state index in [1.54, 1.807) is 12.1 Å². The minimum absolute atomic E-state index is 0.110. The van der Waals surface area contributed by atoms with Crippen LogP contribution in [0.2, 0.25) is 5.02 Å². The number of halogens is 3. The monoisotopic (exact) mass is 261 g/mol. The average molecular weight is 262 g/mol. The molecule has 0 aromatic heterocycles. The van der Waals surface area contributed by atoms with Gasteiger partial charge in [-0.1, -0.05) is 11.6 Å². The molecule has 1 aromatic rings. The SMILES string of the molecule is CC(N)C1(c2cc(Cl)ccc2OC(F)F)CC1. The summed E-state index contributed by atoms with van der Waals surface area (Å²) in [5.74, 6) is 0.180. The van der Waals surface area contributed by atoms with E-state index in [9.17, 15) is 8.78 Å². The summed E-state index contributed by atoms with van der Waals surface area (Å²) < 4.78 is 29.2. The van der Waals surface area contributed by atoms with Crippen molar-refractivity contribution in [1.29, 1.82) is 0 Å². The molecule has 0 radical (unpaired) electrons. The van der Waals surface area contributed by atoms with Crippen LogP contribution < -0.4 is 10.5 Å². The standard InChI is InChI=1S/C12H14ClF2NO/c1-7(16)12(4-5-12)9-6-8(13)2-3-10(9)17-11(14)15/h2-3,6-7,11H,4-5,16H2,1H3. The molecule has 2 nitrogen and oxygen atoms in total. The Balaban J connectivity index is 2.40. The van der Waals surface area contributed by atoms with Crippen LogP contribution in [0.15, 0.2) is 18.2 Å². The zero-order valence-corrected chi connectivity index (χ0v) is 10.2. The number of hydrogen-bond donors (Lipinski definition) is 1. The third-order valence-electron chi connectivity index (χ3n) is 3.35. The van der Waals surface area contributed by atoms with Gasteiger partial charge in [-0.2, -0.15) is 8.78 Å². The summed E-state index contributed by atoms with van der Waals surface area (Å²) in [5, 5.41) is 0.508. The lowest BCUT2D eigenvalue weighted by Crippen LogP contribution is -2.32. The fraction of sp³-hybridized carbons (Fsp3) is 0.500. The molecule has 1 aliphatic carbocycles. The molecule has 0 amide bonds. The topological polar surface area (TPSA) is 35.2 Å². The summed E-state index contributed by atoms with van der Waals surface area (Å²) in [7, 11) is 0. The van der Waals surface area contributed by atoms with Crippen LogP contribution in [0.5, 0.6) is 5.75 Å². The van der Waals surface area contributed by atoms with Gasteiger partial charge in [0.2, 0.25) is 0 Å². The molecule has 0 saturated heterocycles. The lowest BCUT2D eigenvalue weighted by atomic mass is 9.89. The van der Waals surface area contributed by atoms with Gasteiger partial charge < -0.3 is 10.5 Å². The van der Waals surface area contributed by atoms with Crippen molar-refractivity contribution in [3.63, 3.8) is 0 Å². The van der Waals surface area contributed by atoms with E-state index in [0.717, 1.165) is 12.8 Å². The Labute approximate surface area is 104 Å². The summed E-state index contributed by atoms with van der Waals surface area (Å²) in [5.41, 5.74) is 6.37. The molecule has 0 bridgehead atoms. The number of rotatable bonds is 4. The number of benzene rings is 1. The molecule has 1 fully saturated rings. The van der Waals surface area contributed by atoms with Gasteiger partial charge in [-0.15, -0.1) is 0 Å². The van der Waals surface area contributed by atoms with Gasteiger partial charge in [0.15, 0.2) is 0 Å². The molecule has 0 aliphatic heterocycles. The Hall–Kier alpha value is -0.870. The molecule has 0 spiro atoms. The molecule has 17 heavy (non-hydrogen) atoms. The van der Waals surface area contributed by atoms with Crippen LogP contribution in [0.3, 0.4) is 0 Å². The van der Waals surface area contributed by atoms with Crippen LogP contribution in [0.4, 0.5) is 8.78 Å². The number of hydrogen-bond acceptors (Lipinski definition) is 2.